The molecule has 1 aromatic heterocycles. The molecule has 22 heavy (non-hydrogen) atoms. The van der Waals surface area contributed by atoms with Crippen molar-refractivity contribution in [3.8, 4) is 0 Å². The van der Waals surface area contributed by atoms with Gasteiger partial charge in [0.25, 0.3) is 5.91 Å². The minimum Gasteiger partial charge on any atom is -0.348 e. The summed E-state index contributed by atoms with van der Waals surface area (Å²) in [5, 5.41) is 10.4. The lowest BCUT2D eigenvalue weighted by Crippen LogP contribution is -2.46. The molecule has 4 rings (SSSR count). The van der Waals surface area contributed by atoms with Crippen LogP contribution in [0.3, 0.4) is 0 Å². The molecule has 0 spiro atoms. The number of nitrogens with zero attached hydrogens (tertiary/aromatic N) is 3. The van der Waals surface area contributed by atoms with Crippen LogP contribution < -0.4 is 10.6 Å². The number of carbonyl (C=O) groups is 2. The molecule has 1 aromatic rings. The lowest BCUT2D eigenvalue weighted by atomic mass is 10.2. The molecule has 1 saturated carbocycles. The van der Waals surface area contributed by atoms with Crippen LogP contribution in [-0.2, 0) is 17.9 Å². The molecule has 2 aliphatic heterocycles. The Balaban J connectivity index is 1.46. The van der Waals surface area contributed by atoms with Crippen molar-refractivity contribution in [3.63, 3.8) is 0 Å². The maximum absolute atomic E-state index is 12.4. The molecule has 1 aliphatic carbocycles. The van der Waals surface area contributed by atoms with E-state index in [2.05, 4.69) is 15.7 Å². The van der Waals surface area contributed by atoms with Crippen molar-refractivity contribution in [1.82, 2.24) is 25.3 Å². The van der Waals surface area contributed by atoms with Gasteiger partial charge in [-0.05, 0) is 18.9 Å². The molecule has 0 bridgehead atoms. The molecule has 1 atom stereocenters. The molecule has 0 unspecified atom stereocenters. The number of rotatable bonds is 3. The average Bonchev–Trinajstić information content (AvgIpc) is 3.05. The Hall–Kier alpha value is -2.15. The van der Waals surface area contributed by atoms with Gasteiger partial charge in [0.1, 0.15) is 6.04 Å². The molecule has 3 aliphatic rings. The van der Waals surface area contributed by atoms with Crippen LogP contribution in [0.25, 0.3) is 0 Å². The minimum absolute atomic E-state index is 0.0881. The topological polar surface area (TPSA) is 79.3 Å². The van der Waals surface area contributed by atoms with Crippen molar-refractivity contribution in [2.24, 2.45) is 0 Å². The molecule has 7 heteroatoms. The Bertz CT molecular complexity index is 646. The number of aromatic nitrogens is 2. The zero-order valence-electron chi connectivity index (χ0n) is 12.3. The number of hydrogen-bond donors (Lipinski definition) is 2. The van der Waals surface area contributed by atoms with E-state index in [9.17, 15) is 9.59 Å². The van der Waals surface area contributed by atoms with E-state index in [1.807, 2.05) is 21.7 Å². The van der Waals surface area contributed by atoms with Crippen LogP contribution in [0.5, 0.6) is 0 Å². The fraction of sp³-hybridized carbons (Fsp3) is 0.533. The Morgan fingerprint density at radius 3 is 2.91 bits per heavy atom. The lowest BCUT2D eigenvalue weighted by molar-refractivity contribution is -0.133. The van der Waals surface area contributed by atoms with Gasteiger partial charge in [-0.15, -0.1) is 0 Å². The fourth-order valence-electron chi connectivity index (χ4n) is 2.89. The molecular formula is C15H19N5O2. The molecule has 2 amide bonds. The van der Waals surface area contributed by atoms with E-state index >= 15 is 0 Å². The van der Waals surface area contributed by atoms with Gasteiger partial charge in [-0.3, -0.25) is 19.6 Å². The van der Waals surface area contributed by atoms with Crippen LogP contribution in [0.2, 0.25) is 0 Å². The van der Waals surface area contributed by atoms with Crippen LogP contribution in [0.1, 0.15) is 29.0 Å². The largest absolute Gasteiger partial charge is 0.348 e. The van der Waals surface area contributed by atoms with Gasteiger partial charge in [-0.1, -0.05) is 12.2 Å². The molecule has 2 N–H and O–H groups in total. The molecule has 7 nitrogen and oxygen atoms in total. The number of fused-ring (bicyclic) bond motifs is 1. The summed E-state index contributed by atoms with van der Waals surface area (Å²) in [6.45, 7) is 2.51. The molecule has 0 aromatic carbocycles. The molecule has 3 heterocycles. The third-order valence-electron chi connectivity index (χ3n) is 4.30. The van der Waals surface area contributed by atoms with Crippen LogP contribution in [0.4, 0.5) is 0 Å². The van der Waals surface area contributed by atoms with E-state index in [0.717, 1.165) is 25.1 Å². The monoisotopic (exact) mass is 301 g/mol. The Kier molecular flexibility index (Phi) is 3.22. The van der Waals surface area contributed by atoms with Gasteiger partial charge in [-0.2, -0.15) is 5.10 Å². The van der Waals surface area contributed by atoms with E-state index < -0.39 is 0 Å². The zero-order valence-corrected chi connectivity index (χ0v) is 12.3. The minimum atomic E-state index is -0.216. The van der Waals surface area contributed by atoms with Gasteiger partial charge in [0.15, 0.2) is 5.69 Å². The second-order valence-electron chi connectivity index (χ2n) is 6.07. The highest BCUT2D eigenvalue weighted by Gasteiger charge is 2.29. The summed E-state index contributed by atoms with van der Waals surface area (Å²) >= 11 is 0. The quantitative estimate of drug-likeness (QED) is 0.748. The predicted octanol–water partition coefficient (Wildman–Crippen LogP) is -0.354. The van der Waals surface area contributed by atoms with Crippen molar-refractivity contribution in [2.75, 3.05) is 13.1 Å². The van der Waals surface area contributed by atoms with Crippen LogP contribution >= 0.6 is 0 Å². The third-order valence-corrected chi connectivity index (χ3v) is 4.30. The first kappa shape index (κ1) is 13.5. The zero-order chi connectivity index (χ0) is 15.1. The normalized spacial score (nSPS) is 23.5. The average molecular weight is 301 g/mol. The predicted molar refractivity (Wildman–Crippen MR) is 79.1 cm³/mol. The van der Waals surface area contributed by atoms with Gasteiger partial charge < -0.3 is 10.2 Å². The summed E-state index contributed by atoms with van der Waals surface area (Å²) in [6, 6.07) is 1.91. The van der Waals surface area contributed by atoms with Gasteiger partial charge in [-0.25, -0.2) is 0 Å². The summed E-state index contributed by atoms with van der Waals surface area (Å²) in [5.41, 5.74) is 1.37. The van der Waals surface area contributed by atoms with Crippen LogP contribution in [-0.4, -0.2) is 51.7 Å². The highest BCUT2D eigenvalue weighted by atomic mass is 16.2. The third kappa shape index (κ3) is 2.52. The van der Waals surface area contributed by atoms with E-state index in [-0.39, 0.29) is 17.9 Å². The first-order chi connectivity index (χ1) is 10.7. The highest BCUT2D eigenvalue weighted by molar-refractivity contribution is 5.92. The van der Waals surface area contributed by atoms with Gasteiger partial charge in [0.2, 0.25) is 5.91 Å². The Labute approximate surface area is 128 Å². The maximum atomic E-state index is 12.4. The van der Waals surface area contributed by atoms with Crippen molar-refractivity contribution in [1.29, 1.82) is 0 Å². The standard InChI is InChI=1S/C15H19N5O2/c21-14(17-10-3-4-10)13-8-11-9-19(6-7-20(11)18-13)15(22)12-2-1-5-16-12/h1-2,8,10,12,16H,3-7,9H2,(H,17,21)/t12-/m0/s1. The second kappa shape index (κ2) is 5.24. The van der Waals surface area contributed by atoms with Crippen molar-refractivity contribution in [2.45, 2.75) is 38.0 Å². The molecular weight excluding hydrogens is 282 g/mol. The summed E-state index contributed by atoms with van der Waals surface area (Å²) in [7, 11) is 0. The van der Waals surface area contributed by atoms with Crippen LogP contribution in [0, 0.1) is 0 Å². The number of amides is 2. The van der Waals surface area contributed by atoms with E-state index in [1.165, 1.54) is 0 Å². The summed E-state index contributed by atoms with van der Waals surface area (Å²) in [5.74, 6) is -0.0205. The first-order valence-corrected chi connectivity index (χ1v) is 7.77. The van der Waals surface area contributed by atoms with Crippen molar-refractivity contribution < 1.29 is 9.59 Å². The fourth-order valence-corrected chi connectivity index (χ4v) is 2.89. The van der Waals surface area contributed by atoms with E-state index in [4.69, 9.17) is 0 Å². The van der Waals surface area contributed by atoms with Crippen LogP contribution in [0.15, 0.2) is 18.2 Å². The SMILES string of the molecule is O=C(NC1CC1)c1cc2n(n1)CCN(C(=O)[C@@H]1C=CCN1)C2. The molecule has 116 valence electrons. The molecule has 0 saturated heterocycles. The van der Waals surface area contributed by atoms with Crippen molar-refractivity contribution in [3.05, 3.63) is 29.6 Å². The summed E-state index contributed by atoms with van der Waals surface area (Å²) < 4.78 is 1.84. The number of carbonyl (C=O) groups excluding carboxylic acids is 2. The maximum Gasteiger partial charge on any atom is 0.272 e. The van der Waals surface area contributed by atoms with Gasteiger partial charge in [0, 0.05) is 19.1 Å². The molecule has 0 radical (unpaired) electrons. The van der Waals surface area contributed by atoms with E-state index in [1.54, 1.807) is 6.07 Å². The Morgan fingerprint density at radius 2 is 2.18 bits per heavy atom. The number of hydrogen-bond acceptors (Lipinski definition) is 4. The molecule has 1 fully saturated rings. The van der Waals surface area contributed by atoms with Gasteiger partial charge >= 0.3 is 0 Å². The summed E-state index contributed by atoms with van der Waals surface area (Å²) in [4.78, 5) is 26.3. The smallest absolute Gasteiger partial charge is 0.272 e. The first-order valence-electron chi connectivity index (χ1n) is 7.77. The van der Waals surface area contributed by atoms with E-state index in [0.29, 0.717) is 31.4 Å². The summed E-state index contributed by atoms with van der Waals surface area (Å²) in [6.07, 6.45) is 5.99. The lowest BCUT2D eigenvalue weighted by Gasteiger charge is -2.29. The Morgan fingerprint density at radius 1 is 1.32 bits per heavy atom. The van der Waals surface area contributed by atoms with Gasteiger partial charge in [0.05, 0.1) is 18.8 Å². The van der Waals surface area contributed by atoms with Crippen molar-refractivity contribution >= 4 is 11.8 Å². The number of nitrogens with one attached hydrogen (secondary N) is 2. The second-order valence-corrected chi connectivity index (χ2v) is 6.07. The highest BCUT2D eigenvalue weighted by Crippen LogP contribution is 2.20.